The van der Waals surface area contributed by atoms with Gasteiger partial charge in [-0.15, -0.1) is 11.8 Å². The molecule has 0 aliphatic carbocycles. The summed E-state index contributed by atoms with van der Waals surface area (Å²) in [5.41, 5.74) is 2.24. The molecule has 0 spiro atoms. The molecule has 2 aromatic rings. The van der Waals surface area contributed by atoms with Crippen molar-refractivity contribution in [2.45, 2.75) is 5.37 Å². The summed E-state index contributed by atoms with van der Waals surface area (Å²) in [6, 6.07) is 0. The summed E-state index contributed by atoms with van der Waals surface area (Å²) in [4.78, 5) is 14.0. The van der Waals surface area contributed by atoms with E-state index >= 15 is 0 Å². The molecule has 20 heavy (non-hydrogen) atoms. The molecular weight excluding hydrogens is 276 g/mol. The average molecular weight is 290 g/mol. The number of hydrogen-bond donors (Lipinski definition) is 2. The monoisotopic (exact) mass is 290 g/mol. The molecule has 0 saturated heterocycles. The molecule has 7 nitrogen and oxygen atoms in total. The van der Waals surface area contributed by atoms with E-state index in [9.17, 15) is 4.79 Å². The maximum atomic E-state index is 11.9. The molecule has 3 heterocycles. The van der Waals surface area contributed by atoms with Gasteiger partial charge in [0.15, 0.2) is 5.69 Å². The third-order valence-corrected chi connectivity index (χ3v) is 4.05. The van der Waals surface area contributed by atoms with E-state index in [0.717, 1.165) is 11.3 Å². The quantitative estimate of drug-likeness (QED) is 0.889. The first-order chi connectivity index (χ1) is 9.70. The highest BCUT2D eigenvalue weighted by Gasteiger charge is 2.29. The normalized spacial score (nSPS) is 17.7. The first-order valence-corrected chi connectivity index (χ1v) is 7.00. The van der Waals surface area contributed by atoms with Crippen molar-refractivity contribution in [1.82, 2.24) is 25.3 Å². The van der Waals surface area contributed by atoms with Crippen molar-refractivity contribution >= 4 is 23.4 Å². The number of carbonyl (C=O) groups excluding carboxylic acids is 1. The number of rotatable bonds is 3. The van der Waals surface area contributed by atoms with Crippen LogP contribution in [0.5, 0.6) is 0 Å². The molecule has 2 N–H and O–H groups in total. The predicted molar refractivity (Wildman–Crippen MR) is 77.1 cm³/mol. The number of aromatic amines is 1. The number of carbonyl (C=O) groups is 1. The zero-order chi connectivity index (χ0) is 14.1. The number of nitrogens with one attached hydrogen (secondary N) is 2. The summed E-state index contributed by atoms with van der Waals surface area (Å²) in [5, 5.41) is 15.7. The highest BCUT2D eigenvalue weighted by atomic mass is 32.2. The van der Waals surface area contributed by atoms with Crippen LogP contribution in [0.25, 0.3) is 0 Å². The minimum absolute atomic E-state index is 0.0568. The molecule has 2 aromatic heterocycles. The van der Waals surface area contributed by atoms with Crippen molar-refractivity contribution in [3.8, 4) is 0 Å². The minimum Gasteiger partial charge on any atom is -0.354 e. The Morgan fingerprint density at radius 1 is 1.55 bits per heavy atom. The smallest absolute Gasteiger partial charge is 0.273 e. The standard InChI is InChI=1S/C12H14N6OS/c1-13-11(19)10-9(7-17(2)16-10)18-3-4-20-12(18)8-5-14-15-6-8/h3-7,12H,1-2H3,(H,13,19)(H,14,15). The Bertz CT molecular complexity index is 647. The SMILES string of the molecule is CNC(=O)c1nn(C)cc1N1C=CSC1c1cn[nH]c1. The summed E-state index contributed by atoms with van der Waals surface area (Å²) in [5.74, 6) is -0.197. The van der Waals surface area contributed by atoms with Gasteiger partial charge in [-0.2, -0.15) is 10.2 Å². The summed E-state index contributed by atoms with van der Waals surface area (Å²) in [6.07, 6.45) is 7.43. The Morgan fingerprint density at radius 2 is 2.40 bits per heavy atom. The molecule has 104 valence electrons. The van der Waals surface area contributed by atoms with Gasteiger partial charge in [0.05, 0.1) is 11.9 Å². The highest BCUT2D eigenvalue weighted by Crippen LogP contribution is 2.42. The van der Waals surface area contributed by atoms with E-state index in [2.05, 4.69) is 20.6 Å². The first kappa shape index (κ1) is 12.8. The second-order valence-corrected chi connectivity index (χ2v) is 5.32. The third-order valence-electron chi connectivity index (χ3n) is 3.02. The summed E-state index contributed by atoms with van der Waals surface area (Å²) in [7, 11) is 3.40. The van der Waals surface area contributed by atoms with Crippen LogP contribution in [0.15, 0.2) is 30.2 Å². The lowest BCUT2D eigenvalue weighted by Crippen LogP contribution is -2.23. The summed E-state index contributed by atoms with van der Waals surface area (Å²) < 4.78 is 1.64. The first-order valence-electron chi connectivity index (χ1n) is 6.05. The number of H-pyrrole nitrogens is 1. The topological polar surface area (TPSA) is 78.8 Å². The van der Waals surface area contributed by atoms with Gasteiger partial charge in [-0.25, -0.2) is 0 Å². The van der Waals surface area contributed by atoms with Gasteiger partial charge >= 0.3 is 0 Å². The zero-order valence-electron chi connectivity index (χ0n) is 11.1. The fraction of sp³-hybridized carbons (Fsp3) is 0.250. The fourth-order valence-electron chi connectivity index (χ4n) is 2.11. The molecule has 1 amide bonds. The maximum Gasteiger partial charge on any atom is 0.273 e. The van der Waals surface area contributed by atoms with Crippen LogP contribution >= 0.6 is 11.8 Å². The number of hydrogen-bond acceptors (Lipinski definition) is 5. The lowest BCUT2D eigenvalue weighted by molar-refractivity contribution is 0.0958. The highest BCUT2D eigenvalue weighted by molar-refractivity contribution is 8.02. The van der Waals surface area contributed by atoms with Crippen molar-refractivity contribution < 1.29 is 4.79 Å². The second kappa shape index (κ2) is 5.04. The van der Waals surface area contributed by atoms with E-state index in [4.69, 9.17) is 0 Å². The molecule has 0 radical (unpaired) electrons. The van der Waals surface area contributed by atoms with Crippen LogP contribution in [-0.4, -0.2) is 32.9 Å². The van der Waals surface area contributed by atoms with E-state index in [-0.39, 0.29) is 11.3 Å². The Labute approximate surface area is 120 Å². The number of aryl methyl sites for hydroxylation is 1. The van der Waals surface area contributed by atoms with Gasteiger partial charge < -0.3 is 10.2 Å². The minimum atomic E-state index is -0.197. The average Bonchev–Trinajstić information content (AvgIpc) is 3.16. The maximum absolute atomic E-state index is 11.9. The molecule has 1 aliphatic rings. The van der Waals surface area contributed by atoms with Gasteiger partial charge in [0.1, 0.15) is 5.37 Å². The molecule has 0 bridgehead atoms. The largest absolute Gasteiger partial charge is 0.354 e. The van der Waals surface area contributed by atoms with Crippen molar-refractivity contribution in [2.75, 3.05) is 11.9 Å². The van der Waals surface area contributed by atoms with Crippen molar-refractivity contribution in [2.24, 2.45) is 7.05 Å². The van der Waals surface area contributed by atoms with E-state index < -0.39 is 0 Å². The van der Waals surface area contributed by atoms with E-state index in [1.165, 1.54) is 0 Å². The van der Waals surface area contributed by atoms with Gasteiger partial charge in [-0.05, 0) is 5.41 Å². The van der Waals surface area contributed by atoms with Crippen LogP contribution in [0.1, 0.15) is 21.4 Å². The predicted octanol–water partition coefficient (Wildman–Crippen LogP) is 1.23. The van der Waals surface area contributed by atoms with Crippen LogP contribution in [0.4, 0.5) is 5.69 Å². The van der Waals surface area contributed by atoms with Crippen molar-refractivity contribution in [1.29, 1.82) is 0 Å². The number of amides is 1. The second-order valence-electron chi connectivity index (χ2n) is 4.33. The lowest BCUT2D eigenvalue weighted by Gasteiger charge is -2.23. The number of thioether (sulfide) groups is 1. The molecule has 8 heteroatoms. The molecule has 0 saturated carbocycles. The van der Waals surface area contributed by atoms with E-state index in [0.29, 0.717) is 5.69 Å². The third kappa shape index (κ3) is 2.07. The van der Waals surface area contributed by atoms with E-state index in [1.54, 1.807) is 36.7 Å². The van der Waals surface area contributed by atoms with Gasteiger partial charge in [-0.3, -0.25) is 14.6 Å². The number of aromatic nitrogens is 4. The molecule has 1 unspecified atom stereocenters. The molecular formula is C12H14N6OS. The Hall–Kier alpha value is -2.22. The lowest BCUT2D eigenvalue weighted by atomic mass is 10.2. The van der Waals surface area contributed by atoms with Crippen LogP contribution < -0.4 is 10.2 Å². The molecule has 0 fully saturated rings. The van der Waals surface area contributed by atoms with Gasteiger partial charge in [0, 0.05) is 38.3 Å². The van der Waals surface area contributed by atoms with Crippen molar-refractivity contribution in [3.63, 3.8) is 0 Å². The summed E-state index contributed by atoms with van der Waals surface area (Å²) in [6.45, 7) is 0. The van der Waals surface area contributed by atoms with Crippen LogP contribution in [0.2, 0.25) is 0 Å². The molecule has 1 atom stereocenters. The molecule has 3 rings (SSSR count). The molecule has 1 aliphatic heterocycles. The summed E-state index contributed by atoms with van der Waals surface area (Å²) >= 11 is 1.66. The van der Waals surface area contributed by atoms with Crippen molar-refractivity contribution in [3.05, 3.63) is 41.5 Å². The van der Waals surface area contributed by atoms with E-state index in [1.807, 2.05) is 28.9 Å². The molecule has 0 aromatic carbocycles. The zero-order valence-corrected chi connectivity index (χ0v) is 11.9. The van der Waals surface area contributed by atoms with Gasteiger partial charge in [0.25, 0.3) is 5.91 Å². The Kier molecular flexibility index (Phi) is 3.23. The number of nitrogens with zero attached hydrogens (tertiary/aromatic N) is 4. The van der Waals surface area contributed by atoms with Gasteiger partial charge in [0.2, 0.25) is 0 Å². The Balaban J connectivity index is 1.99. The Morgan fingerprint density at radius 3 is 3.10 bits per heavy atom. The van der Waals surface area contributed by atoms with Crippen LogP contribution in [0, 0.1) is 0 Å². The number of anilines is 1. The van der Waals surface area contributed by atoms with Crippen LogP contribution in [0.3, 0.4) is 0 Å². The fourth-order valence-corrected chi connectivity index (χ4v) is 3.06. The van der Waals surface area contributed by atoms with Crippen LogP contribution in [-0.2, 0) is 7.05 Å². The van der Waals surface area contributed by atoms with Gasteiger partial charge in [-0.1, -0.05) is 0 Å².